The van der Waals surface area contributed by atoms with Crippen LogP contribution in [-0.2, 0) is 4.79 Å². The quantitative estimate of drug-likeness (QED) is 0.455. The van der Waals surface area contributed by atoms with Crippen LogP contribution in [0.25, 0.3) is 0 Å². The minimum Gasteiger partial charge on any atom is -0.352 e. The van der Waals surface area contributed by atoms with Gasteiger partial charge in [0.05, 0.1) is 11.1 Å². The Labute approximate surface area is 143 Å². The molecule has 0 aromatic heterocycles. The molecule has 2 N–H and O–H groups in total. The van der Waals surface area contributed by atoms with Crippen LogP contribution in [0.3, 0.4) is 0 Å². The molecule has 2 amide bonds. The number of nitrogens with zero attached hydrogens (tertiary/aromatic N) is 2. The number of rotatable bonds is 7. The highest BCUT2D eigenvalue weighted by Crippen LogP contribution is 2.11. The van der Waals surface area contributed by atoms with Crippen molar-refractivity contribution in [1.82, 2.24) is 10.7 Å². The third-order valence-corrected chi connectivity index (χ3v) is 3.16. The van der Waals surface area contributed by atoms with E-state index in [0.717, 1.165) is 0 Å². The summed E-state index contributed by atoms with van der Waals surface area (Å²) in [6, 6.07) is 14.5. The summed E-state index contributed by atoms with van der Waals surface area (Å²) in [5, 5.41) is 17.0. The summed E-state index contributed by atoms with van der Waals surface area (Å²) in [5.74, 6) is -0.636. The number of benzene rings is 2. The van der Waals surface area contributed by atoms with Gasteiger partial charge in [0.15, 0.2) is 0 Å². The van der Waals surface area contributed by atoms with Gasteiger partial charge in [0.1, 0.15) is 0 Å². The molecule has 0 atom stereocenters. The van der Waals surface area contributed by atoms with Gasteiger partial charge in [0, 0.05) is 36.2 Å². The number of nitro groups is 1. The van der Waals surface area contributed by atoms with E-state index in [1.807, 2.05) is 6.07 Å². The van der Waals surface area contributed by atoms with Crippen LogP contribution in [0, 0.1) is 10.1 Å². The molecule has 0 saturated heterocycles. The summed E-state index contributed by atoms with van der Waals surface area (Å²) in [6.45, 7) is 0.173. The number of nitro benzene ring substituents is 1. The molecule has 128 valence electrons. The van der Waals surface area contributed by atoms with Crippen LogP contribution < -0.4 is 10.7 Å². The second-order valence-corrected chi connectivity index (χ2v) is 5.02. The maximum atomic E-state index is 11.8. The smallest absolute Gasteiger partial charge is 0.270 e. The second kappa shape index (κ2) is 8.92. The first-order valence-corrected chi connectivity index (χ1v) is 7.46. The Morgan fingerprint density at radius 1 is 1.12 bits per heavy atom. The standard InChI is InChI=1S/C17H16N4O4/c22-16(9-10-18-17(23)14-6-2-1-3-7-14)20-19-12-13-5-4-8-15(11-13)21(24)25/h1-8,11-12H,9-10H2,(H,18,23)(H,20,22)/b19-12+. The molecule has 0 aliphatic rings. The Morgan fingerprint density at radius 2 is 1.88 bits per heavy atom. The monoisotopic (exact) mass is 340 g/mol. The Bertz CT molecular complexity index is 790. The van der Waals surface area contributed by atoms with Crippen molar-refractivity contribution in [3.63, 3.8) is 0 Å². The number of carbonyl (C=O) groups excluding carboxylic acids is 2. The fourth-order valence-corrected chi connectivity index (χ4v) is 1.93. The molecule has 25 heavy (non-hydrogen) atoms. The highest BCUT2D eigenvalue weighted by atomic mass is 16.6. The lowest BCUT2D eigenvalue weighted by molar-refractivity contribution is -0.384. The van der Waals surface area contributed by atoms with Crippen molar-refractivity contribution < 1.29 is 14.5 Å². The van der Waals surface area contributed by atoms with Crippen LogP contribution in [0.15, 0.2) is 59.7 Å². The summed E-state index contributed by atoms with van der Waals surface area (Å²) >= 11 is 0. The summed E-state index contributed by atoms with van der Waals surface area (Å²) in [6.07, 6.45) is 1.37. The number of nitrogens with one attached hydrogen (secondary N) is 2. The number of non-ortho nitro benzene ring substituents is 1. The molecule has 8 heteroatoms. The molecule has 8 nitrogen and oxygen atoms in total. The molecule has 0 bridgehead atoms. The van der Waals surface area contributed by atoms with Crippen molar-refractivity contribution in [1.29, 1.82) is 0 Å². The van der Waals surface area contributed by atoms with E-state index in [1.165, 1.54) is 24.4 Å². The molecule has 0 fully saturated rings. The van der Waals surface area contributed by atoms with Gasteiger partial charge in [0.2, 0.25) is 5.91 Å². The van der Waals surface area contributed by atoms with E-state index in [-0.39, 0.29) is 30.5 Å². The molecule has 0 aliphatic carbocycles. The average Bonchev–Trinajstić information content (AvgIpc) is 2.62. The first-order valence-electron chi connectivity index (χ1n) is 7.46. The van der Waals surface area contributed by atoms with Gasteiger partial charge in [-0.25, -0.2) is 5.43 Å². The highest BCUT2D eigenvalue weighted by molar-refractivity contribution is 5.94. The maximum Gasteiger partial charge on any atom is 0.270 e. The van der Waals surface area contributed by atoms with Gasteiger partial charge in [-0.3, -0.25) is 19.7 Å². The van der Waals surface area contributed by atoms with Crippen LogP contribution in [0.5, 0.6) is 0 Å². The van der Waals surface area contributed by atoms with Crippen molar-refractivity contribution in [2.75, 3.05) is 6.54 Å². The maximum absolute atomic E-state index is 11.8. The van der Waals surface area contributed by atoms with E-state index in [2.05, 4.69) is 15.8 Å². The summed E-state index contributed by atoms with van der Waals surface area (Å²) in [4.78, 5) is 33.6. The van der Waals surface area contributed by atoms with E-state index in [1.54, 1.807) is 30.3 Å². The largest absolute Gasteiger partial charge is 0.352 e. The van der Waals surface area contributed by atoms with E-state index in [0.29, 0.717) is 11.1 Å². The van der Waals surface area contributed by atoms with Gasteiger partial charge in [-0.05, 0) is 12.1 Å². The first kappa shape index (κ1) is 17.8. The molecule has 2 aromatic rings. The zero-order chi connectivity index (χ0) is 18.1. The zero-order valence-corrected chi connectivity index (χ0v) is 13.2. The van der Waals surface area contributed by atoms with Crippen molar-refractivity contribution in [3.8, 4) is 0 Å². The third kappa shape index (κ3) is 5.87. The Kier molecular flexibility index (Phi) is 6.35. The van der Waals surface area contributed by atoms with Crippen molar-refractivity contribution in [3.05, 3.63) is 75.8 Å². The molecule has 0 spiro atoms. The zero-order valence-electron chi connectivity index (χ0n) is 13.2. The van der Waals surface area contributed by atoms with Crippen molar-refractivity contribution in [2.24, 2.45) is 5.10 Å². The van der Waals surface area contributed by atoms with Crippen molar-refractivity contribution >= 4 is 23.7 Å². The lowest BCUT2D eigenvalue weighted by atomic mass is 10.2. The minimum absolute atomic E-state index is 0.0566. The lowest BCUT2D eigenvalue weighted by Crippen LogP contribution is -2.28. The van der Waals surface area contributed by atoms with E-state index >= 15 is 0 Å². The number of amides is 2. The van der Waals surface area contributed by atoms with Crippen LogP contribution in [-0.4, -0.2) is 29.5 Å². The Morgan fingerprint density at radius 3 is 2.60 bits per heavy atom. The SMILES string of the molecule is O=C(CCNC(=O)c1ccccc1)N/N=C/c1cccc([N+](=O)[O-])c1. The number of hydrogen-bond donors (Lipinski definition) is 2. The van der Waals surface area contributed by atoms with Crippen LogP contribution in [0.2, 0.25) is 0 Å². The Balaban J connectivity index is 1.74. The third-order valence-electron chi connectivity index (χ3n) is 3.16. The minimum atomic E-state index is -0.509. The fourth-order valence-electron chi connectivity index (χ4n) is 1.93. The predicted octanol–water partition coefficient (Wildman–Crippen LogP) is 1.86. The molecule has 2 rings (SSSR count). The lowest BCUT2D eigenvalue weighted by Gasteiger charge is -2.04. The molecule has 0 radical (unpaired) electrons. The van der Waals surface area contributed by atoms with E-state index in [9.17, 15) is 19.7 Å². The van der Waals surface area contributed by atoms with Crippen LogP contribution in [0.4, 0.5) is 5.69 Å². The van der Waals surface area contributed by atoms with Crippen LogP contribution in [0.1, 0.15) is 22.3 Å². The predicted molar refractivity (Wildman–Crippen MR) is 92.2 cm³/mol. The molecular weight excluding hydrogens is 324 g/mol. The fraction of sp³-hybridized carbons (Fsp3) is 0.118. The van der Waals surface area contributed by atoms with Gasteiger partial charge >= 0.3 is 0 Å². The van der Waals surface area contributed by atoms with Gasteiger partial charge in [-0.15, -0.1) is 0 Å². The van der Waals surface area contributed by atoms with E-state index < -0.39 is 4.92 Å². The molecule has 0 aliphatic heterocycles. The van der Waals surface area contributed by atoms with Crippen LogP contribution >= 0.6 is 0 Å². The van der Waals surface area contributed by atoms with Gasteiger partial charge in [-0.1, -0.05) is 30.3 Å². The highest BCUT2D eigenvalue weighted by Gasteiger charge is 2.06. The summed E-state index contributed by atoms with van der Waals surface area (Å²) in [5.41, 5.74) is 3.26. The number of carbonyl (C=O) groups is 2. The van der Waals surface area contributed by atoms with Gasteiger partial charge in [0.25, 0.3) is 11.6 Å². The molecule has 2 aromatic carbocycles. The normalized spacial score (nSPS) is 10.4. The summed E-state index contributed by atoms with van der Waals surface area (Å²) in [7, 11) is 0. The van der Waals surface area contributed by atoms with Crippen molar-refractivity contribution in [2.45, 2.75) is 6.42 Å². The Hall–Kier alpha value is -3.55. The summed E-state index contributed by atoms with van der Waals surface area (Å²) < 4.78 is 0. The van der Waals surface area contributed by atoms with Gasteiger partial charge in [-0.2, -0.15) is 5.10 Å². The topological polar surface area (TPSA) is 114 Å². The van der Waals surface area contributed by atoms with E-state index in [4.69, 9.17) is 0 Å². The average molecular weight is 340 g/mol. The van der Waals surface area contributed by atoms with Gasteiger partial charge < -0.3 is 5.32 Å². The molecular formula is C17H16N4O4. The molecule has 0 saturated carbocycles. The second-order valence-electron chi connectivity index (χ2n) is 5.02. The first-order chi connectivity index (χ1) is 12.1. The number of hydrogen-bond acceptors (Lipinski definition) is 5. The molecule has 0 heterocycles. The molecule has 0 unspecified atom stereocenters. The number of hydrazone groups is 1.